The average Bonchev–Trinajstić information content (AvgIpc) is 2.70. The van der Waals surface area contributed by atoms with Crippen molar-refractivity contribution in [3.05, 3.63) is 65.7 Å². The third kappa shape index (κ3) is 6.06. The molecule has 1 aliphatic heterocycles. The standard InChI is InChI=1S/C20H24N4O2.ClH/c25-19(16-6-2-1-3-7-16)23-18-9-5-4-8-17(18)20(26)22-12-15-24-13-10-21-11-14-24;/h1-9,21H,10-15H2,(H,22,26)(H,23,25);1H. The van der Waals surface area contributed by atoms with Crippen molar-refractivity contribution >= 4 is 29.9 Å². The number of nitrogens with zero attached hydrogens (tertiary/aromatic N) is 1. The first-order valence-electron chi connectivity index (χ1n) is 8.91. The second-order valence-corrected chi connectivity index (χ2v) is 6.21. The monoisotopic (exact) mass is 388 g/mol. The molecule has 1 fully saturated rings. The molecule has 1 heterocycles. The number of halogens is 1. The van der Waals surface area contributed by atoms with Crippen LogP contribution in [0.4, 0.5) is 5.69 Å². The molecular weight excluding hydrogens is 364 g/mol. The van der Waals surface area contributed by atoms with Crippen LogP contribution in [0, 0.1) is 0 Å². The fraction of sp³-hybridized carbons (Fsp3) is 0.300. The molecule has 0 spiro atoms. The number of nitrogens with one attached hydrogen (secondary N) is 3. The number of piperazine rings is 1. The van der Waals surface area contributed by atoms with E-state index in [0.717, 1.165) is 32.7 Å². The third-order valence-electron chi connectivity index (χ3n) is 4.38. The third-order valence-corrected chi connectivity index (χ3v) is 4.38. The maximum Gasteiger partial charge on any atom is 0.255 e. The minimum atomic E-state index is -0.230. The topological polar surface area (TPSA) is 73.5 Å². The quantitative estimate of drug-likeness (QED) is 0.707. The van der Waals surface area contributed by atoms with E-state index in [4.69, 9.17) is 0 Å². The van der Waals surface area contributed by atoms with Crippen molar-refractivity contribution in [2.24, 2.45) is 0 Å². The Hall–Kier alpha value is -2.41. The highest BCUT2D eigenvalue weighted by atomic mass is 35.5. The normalized spacial score (nSPS) is 14.1. The van der Waals surface area contributed by atoms with Crippen molar-refractivity contribution in [3.63, 3.8) is 0 Å². The second-order valence-electron chi connectivity index (χ2n) is 6.21. The number of carbonyl (C=O) groups excluding carboxylic acids is 2. The average molecular weight is 389 g/mol. The van der Waals surface area contributed by atoms with Gasteiger partial charge in [-0.2, -0.15) is 0 Å². The Morgan fingerprint density at radius 2 is 1.59 bits per heavy atom. The number of para-hydroxylation sites is 1. The van der Waals surface area contributed by atoms with Crippen LogP contribution in [0.1, 0.15) is 20.7 Å². The molecule has 0 aliphatic carbocycles. The van der Waals surface area contributed by atoms with E-state index in [-0.39, 0.29) is 24.2 Å². The number of anilines is 1. The summed E-state index contributed by atoms with van der Waals surface area (Å²) in [5.41, 5.74) is 1.54. The van der Waals surface area contributed by atoms with Gasteiger partial charge in [0.1, 0.15) is 0 Å². The van der Waals surface area contributed by atoms with Crippen LogP contribution < -0.4 is 16.0 Å². The van der Waals surface area contributed by atoms with Gasteiger partial charge in [-0.05, 0) is 24.3 Å². The Bertz CT molecular complexity index is 749. The van der Waals surface area contributed by atoms with E-state index in [9.17, 15) is 9.59 Å². The van der Waals surface area contributed by atoms with Crippen LogP contribution in [-0.4, -0.2) is 56.0 Å². The smallest absolute Gasteiger partial charge is 0.255 e. The highest BCUT2D eigenvalue weighted by Crippen LogP contribution is 2.16. The van der Waals surface area contributed by atoms with E-state index in [1.54, 1.807) is 36.4 Å². The maximum atomic E-state index is 12.5. The Morgan fingerprint density at radius 3 is 2.33 bits per heavy atom. The molecule has 2 aromatic rings. The first-order valence-corrected chi connectivity index (χ1v) is 8.91. The molecule has 2 amide bonds. The SMILES string of the molecule is Cl.O=C(Nc1ccccc1C(=O)NCCN1CCNCC1)c1ccccc1. The summed E-state index contributed by atoms with van der Waals surface area (Å²) < 4.78 is 0. The fourth-order valence-corrected chi connectivity index (χ4v) is 2.93. The molecule has 7 heteroatoms. The van der Waals surface area contributed by atoms with Gasteiger partial charge in [-0.25, -0.2) is 0 Å². The lowest BCUT2D eigenvalue weighted by Gasteiger charge is -2.27. The van der Waals surface area contributed by atoms with Crippen molar-refractivity contribution in [2.75, 3.05) is 44.6 Å². The number of hydrogen-bond acceptors (Lipinski definition) is 4. The van der Waals surface area contributed by atoms with E-state index in [1.807, 2.05) is 18.2 Å². The van der Waals surface area contributed by atoms with E-state index < -0.39 is 0 Å². The number of benzene rings is 2. The van der Waals surface area contributed by atoms with Crippen LogP contribution in [0.15, 0.2) is 54.6 Å². The molecule has 1 aliphatic rings. The predicted molar refractivity (Wildman–Crippen MR) is 110 cm³/mol. The minimum Gasteiger partial charge on any atom is -0.351 e. The molecule has 0 atom stereocenters. The van der Waals surface area contributed by atoms with Gasteiger partial charge in [0.05, 0.1) is 11.3 Å². The van der Waals surface area contributed by atoms with E-state index in [2.05, 4.69) is 20.9 Å². The molecule has 6 nitrogen and oxygen atoms in total. The summed E-state index contributed by atoms with van der Waals surface area (Å²) in [5, 5.41) is 9.09. The molecule has 144 valence electrons. The number of rotatable bonds is 6. The van der Waals surface area contributed by atoms with Crippen molar-refractivity contribution in [1.29, 1.82) is 0 Å². The zero-order chi connectivity index (χ0) is 18.2. The van der Waals surface area contributed by atoms with Gasteiger partial charge in [-0.3, -0.25) is 14.5 Å². The summed E-state index contributed by atoms with van der Waals surface area (Å²) in [4.78, 5) is 27.2. The highest BCUT2D eigenvalue weighted by Gasteiger charge is 2.14. The van der Waals surface area contributed by atoms with Crippen LogP contribution in [0.25, 0.3) is 0 Å². The summed E-state index contributed by atoms with van der Waals surface area (Å²) in [6.45, 7) is 5.38. The van der Waals surface area contributed by atoms with Crippen molar-refractivity contribution < 1.29 is 9.59 Å². The Labute approximate surface area is 165 Å². The summed E-state index contributed by atoms with van der Waals surface area (Å²) in [5.74, 6) is -0.407. The lowest BCUT2D eigenvalue weighted by atomic mass is 10.1. The van der Waals surface area contributed by atoms with Crippen molar-refractivity contribution in [1.82, 2.24) is 15.5 Å². The summed E-state index contributed by atoms with van der Waals surface area (Å²) in [7, 11) is 0. The first kappa shape index (κ1) is 20.9. The van der Waals surface area contributed by atoms with Gasteiger partial charge in [-0.15, -0.1) is 12.4 Å². The largest absolute Gasteiger partial charge is 0.351 e. The van der Waals surface area contributed by atoms with Gasteiger partial charge >= 0.3 is 0 Å². The molecule has 1 saturated heterocycles. The molecular formula is C20H25ClN4O2. The highest BCUT2D eigenvalue weighted by molar-refractivity contribution is 6.08. The zero-order valence-electron chi connectivity index (χ0n) is 15.1. The fourth-order valence-electron chi connectivity index (χ4n) is 2.93. The zero-order valence-corrected chi connectivity index (χ0v) is 15.9. The first-order chi connectivity index (χ1) is 12.7. The predicted octanol–water partition coefficient (Wildman–Crippen LogP) is 2.00. The van der Waals surface area contributed by atoms with Gasteiger partial charge < -0.3 is 16.0 Å². The number of amides is 2. The second kappa shape index (κ2) is 10.7. The lowest BCUT2D eigenvalue weighted by Crippen LogP contribution is -2.46. The Balaban J connectivity index is 0.00000261. The molecule has 0 radical (unpaired) electrons. The van der Waals surface area contributed by atoms with Crippen molar-refractivity contribution in [3.8, 4) is 0 Å². The molecule has 0 saturated carbocycles. The van der Waals surface area contributed by atoms with E-state index in [1.165, 1.54) is 0 Å². The lowest BCUT2D eigenvalue weighted by molar-refractivity contribution is 0.0948. The molecule has 0 aromatic heterocycles. The van der Waals surface area contributed by atoms with Gasteiger partial charge in [0.15, 0.2) is 0 Å². The molecule has 3 N–H and O–H groups in total. The van der Waals surface area contributed by atoms with Gasteiger partial charge in [0.2, 0.25) is 0 Å². The van der Waals surface area contributed by atoms with E-state index in [0.29, 0.717) is 23.4 Å². The van der Waals surface area contributed by atoms with Crippen LogP contribution in [-0.2, 0) is 0 Å². The van der Waals surface area contributed by atoms with Gasteiger partial charge in [-0.1, -0.05) is 30.3 Å². The minimum absolute atomic E-state index is 0. The molecule has 3 rings (SSSR count). The van der Waals surface area contributed by atoms with E-state index >= 15 is 0 Å². The van der Waals surface area contributed by atoms with Gasteiger partial charge in [0, 0.05) is 44.8 Å². The van der Waals surface area contributed by atoms with Gasteiger partial charge in [0.25, 0.3) is 11.8 Å². The van der Waals surface area contributed by atoms with Crippen LogP contribution in [0.5, 0.6) is 0 Å². The summed E-state index contributed by atoms with van der Waals surface area (Å²) in [6.07, 6.45) is 0. The Kier molecular flexibility index (Phi) is 8.26. The van der Waals surface area contributed by atoms with Crippen molar-refractivity contribution in [2.45, 2.75) is 0 Å². The molecule has 0 unspecified atom stereocenters. The Morgan fingerprint density at radius 1 is 0.926 bits per heavy atom. The van der Waals surface area contributed by atoms with Crippen LogP contribution in [0.3, 0.4) is 0 Å². The van der Waals surface area contributed by atoms with Crippen LogP contribution in [0.2, 0.25) is 0 Å². The molecule has 2 aromatic carbocycles. The summed E-state index contributed by atoms with van der Waals surface area (Å²) in [6, 6.07) is 16.0. The summed E-state index contributed by atoms with van der Waals surface area (Å²) >= 11 is 0. The number of hydrogen-bond donors (Lipinski definition) is 3. The molecule has 0 bridgehead atoms. The maximum absolute atomic E-state index is 12.5. The number of carbonyl (C=O) groups is 2. The molecule has 27 heavy (non-hydrogen) atoms. The van der Waals surface area contributed by atoms with Crippen LogP contribution >= 0.6 is 12.4 Å².